The Morgan fingerprint density at radius 2 is 2.02 bits per heavy atom. The van der Waals surface area contributed by atoms with Crippen LogP contribution < -0.4 is 15.0 Å². The lowest BCUT2D eigenvalue weighted by Gasteiger charge is -2.36. The van der Waals surface area contributed by atoms with Gasteiger partial charge in [0.05, 0.1) is 5.52 Å². The summed E-state index contributed by atoms with van der Waals surface area (Å²) < 4.78 is 35.3. The van der Waals surface area contributed by atoms with Crippen LogP contribution in [0.25, 0.3) is 10.9 Å². The van der Waals surface area contributed by atoms with Crippen LogP contribution in [0.2, 0.25) is 0 Å². The van der Waals surface area contributed by atoms with Crippen molar-refractivity contribution in [2.75, 3.05) is 43.1 Å². The first kappa shape index (κ1) is 26.5. The molecule has 1 aromatic carbocycles. The minimum absolute atomic E-state index is 0.112. The lowest BCUT2D eigenvalue weighted by molar-refractivity contribution is 0.308. The maximum Gasteiger partial charge on any atom is 0.181 e. The smallest absolute Gasteiger partial charge is 0.181 e. The molecule has 2 fully saturated rings. The number of anilines is 2. The van der Waals surface area contributed by atoms with Gasteiger partial charge in [0.25, 0.3) is 0 Å². The third-order valence-electron chi connectivity index (χ3n) is 7.23. The summed E-state index contributed by atoms with van der Waals surface area (Å²) in [5.41, 5.74) is 1.86. The van der Waals surface area contributed by atoms with E-state index in [0.717, 1.165) is 43.5 Å². The number of aryl methyl sites for hydroxylation is 1. The van der Waals surface area contributed by atoms with E-state index in [9.17, 15) is 4.39 Å². The van der Waals surface area contributed by atoms with Crippen molar-refractivity contribution in [3.05, 3.63) is 77.5 Å². The number of nitrogens with zero attached hydrogens (tertiary/aromatic N) is 6. The zero-order chi connectivity index (χ0) is 28.3. The van der Waals surface area contributed by atoms with Crippen LogP contribution in [0.1, 0.15) is 30.1 Å². The Kier molecular flexibility index (Phi) is 7.36. The molecule has 4 heterocycles. The maximum atomic E-state index is 15.1. The van der Waals surface area contributed by atoms with Crippen LogP contribution in [0.3, 0.4) is 0 Å². The Labute approximate surface area is 235 Å². The molecule has 212 valence electrons. The molecule has 0 unspecified atom stereocenters. The van der Waals surface area contributed by atoms with Crippen molar-refractivity contribution >= 4 is 35.1 Å². The number of halogens is 2. The topological polar surface area (TPSA) is 110 Å². The van der Waals surface area contributed by atoms with Crippen LogP contribution >= 0.6 is 0 Å². The highest BCUT2D eigenvalue weighted by Gasteiger charge is 2.26. The molecule has 1 saturated carbocycles. The second kappa shape index (κ2) is 11.4. The highest BCUT2D eigenvalue weighted by atomic mass is 19.1. The van der Waals surface area contributed by atoms with Gasteiger partial charge < -0.3 is 24.8 Å². The number of fused-ring (bicyclic) bond motifs is 1. The normalized spacial score (nSPS) is 16.4. The van der Waals surface area contributed by atoms with Gasteiger partial charge in [-0.15, -0.1) is 0 Å². The molecular formula is C29H31F2N9O. The number of ether oxygens (including phenoxy) is 1. The molecule has 4 aromatic rings. The fourth-order valence-electron chi connectivity index (χ4n) is 4.93. The lowest BCUT2D eigenvalue weighted by atomic mass is 10.2. The quantitative estimate of drug-likeness (QED) is 0.198. The molecule has 1 aliphatic heterocycles. The molecule has 3 aromatic heterocycles. The van der Waals surface area contributed by atoms with E-state index in [2.05, 4.69) is 52.0 Å². The molecule has 0 bridgehead atoms. The van der Waals surface area contributed by atoms with E-state index >= 15 is 4.39 Å². The number of hydrogen-bond donors (Lipinski definition) is 3. The largest absolute Gasteiger partial charge is 0.468 e. The second-order valence-corrected chi connectivity index (χ2v) is 10.2. The van der Waals surface area contributed by atoms with E-state index in [0.29, 0.717) is 42.2 Å². The number of H-pyrrole nitrogens is 2. The highest BCUT2D eigenvalue weighted by molar-refractivity contribution is 5.94. The van der Waals surface area contributed by atoms with Gasteiger partial charge in [-0.2, -0.15) is 5.10 Å². The first-order chi connectivity index (χ1) is 20.0. The lowest BCUT2D eigenvalue weighted by Crippen LogP contribution is -2.48. The summed E-state index contributed by atoms with van der Waals surface area (Å²) >= 11 is 0. The van der Waals surface area contributed by atoms with Gasteiger partial charge in [0, 0.05) is 73.3 Å². The van der Waals surface area contributed by atoms with Crippen molar-refractivity contribution in [3.8, 4) is 5.75 Å². The minimum atomic E-state index is -0.637. The van der Waals surface area contributed by atoms with Gasteiger partial charge in [0.1, 0.15) is 17.5 Å². The van der Waals surface area contributed by atoms with Crippen LogP contribution in [-0.4, -0.2) is 70.5 Å². The molecule has 1 aliphatic carbocycles. The number of nitrogens with one attached hydrogen (secondary N) is 3. The predicted molar refractivity (Wildman–Crippen MR) is 156 cm³/mol. The second-order valence-electron chi connectivity index (χ2n) is 10.2. The van der Waals surface area contributed by atoms with Crippen molar-refractivity contribution in [2.45, 2.75) is 25.7 Å². The van der Waals surface area contributed by atoms with Crippen LogP contribution in [0.5, 0.6) is 5.75 Å². The first-order valence-electron chi connectivity index (χ1n) is 13.5. The molecule has 12 heteroatoms. The molecule has 0 atom stereocenters. The maximum absolute atomic E-state index is 15.1. The number of benzene rings is 1. The van der Waals surface area contributed by atoms with E-state index in [-0.39, 0.29) is 23.4 Å². The number of rotatable bonds is 9. The van der Waals surface area contributed by atoms with E-state index in [1.807, 2.05) is 24.3 Å². The van der Waals surface area contributed by atoms with Gasteiger partial charge in [0.2, 0.25) is 0 Å². The molecule has 1 saturated heterocycles. The summed E-state index contributed by atoms with van der Waals surface area (Å²) in [7, 11) is 0. The molecule has 3 N–H and O–H groups in total. The predicted octanol–water partition coefficient (Wildman–Crippen LogP) is 4.96. The van der Waals surface area contributed by atoms with Crippen LogP contribution in [0.15, 0.2) is 64.5 Å². The number of pyridine rings is 1. The van der Waals surface area contributed by atoms with Crippen molar-refractivity contribution < 1.29 is 13.5 Å². The van der Waals surface area contributed by atoms with E-state index in [1.165, 1.54) is 0 Å². The summed E-state index contributed by atoms with van der Waals surface area (Å²) in [4.78, 5) is 20.4. The van der Waals surface area contributed by atoms with Crippen molar-refractivity contribution in [1.82, 2.24) is 25.1 Å². The monoisotopic (exact) mass is 559 g/mol. The summed E-state index contributed by atoms with van der Waals surface area (Å²) in [6, 6.07) is 10.4. The average molecular weight is 560 g/mol. The van der Waals surface area contributed by atoms with E-state index in [1.54, 1.807) is 25.3 Å². The Morgan fingerprint density at radius 1 is 1.20 bits per heavy atom. The van der Waals surface area contributed by atoms with Gasteiger partial charge in [-0.1, -0.05) is 6.07 Å². The summed E-state index contributed by atoms with van der Waals surface area (Å²) in [6.45, 7) is 7.98. The summed E-state index contributed by atoms with van der Waals surface area (Å²) in [5.74, 6) is 1.67. The highest BCUT2D eigenvalue weighted by Crippen LogP contribution is 2.39. The molecule has 41 heavy (non-hydrogen) atoms. The molecule has 2 aliphatic rings. The zero-order valence-electron chi connectivity index (χ0n) is 22.7. The van der Waals surface area contributed by atoms with Gasteiger partial charge in [-0.05, 0) is 44.7 Å². The SMILES string of the molecule is C=N/C(=C\C(=N/COc1cc(F)c2[nH]c(C)cc2c1F)N1CCN(c2ccccn2)CC1)Nc1cc(C2CC2)[nH]n1. The molecule has 0 radical (unpaired) electrons. The number of aromatic nitrogens is 4. The van der Waals surface area contributed by atoms with Gasteiger partial charge >= 0.3 is 0 Å². The molecule has 6 rings (SSSR count). The Balaban J connectivity index is 1.22. The van der Waals surface area contributed by atoms with Gasteiger partial charge in [0.15, 0.2) is 29.9 Å². The van der Waals surface area contributed by atoms with E-state index in [4.69, 9.17) is 4.74 Å². The Bertz CT molecular complexity index is 1600. The minimum Gasteiger partial charge on any atom is -0.468 e. The first-order valence-corrected chi connectivity index (χ1v) is 13.5. The third kappa shape index (κ3) is 5.91. The van der Waals surface area contributed by atoms with Gasteiger partial charge in [-0.3, -0.25) is 5.10 Å². The van der Waals surface area contributed by atoms with Crippen LogP contribution in [-0.2, 0) is 0 Å². The molecule has 0 spiro atoms. The Hall–Kier alpha value is -4.74. The fourth-order valence-corrected chi connectivity index (χ4v) is 4.93. The van der Waals surface area contributed by atoms with Crippen LogP contribution in [0, 0.1) is 18.6 Å². The third-order valence-corrected chi connectivity index (χ3v) is 7.23. The number of piperazine rings is 1. The summed E-state index contributed by atoms with van der Waals surface area (Å²) in [6.07, 6.45) is 5.85. The number of hydrogen-bond acceptors (Lipinski definition) is 7. The van der Waals surface area contributed by atoms with Crippen molar-refractivity contribution in [2.24, 2.45) is 9.98 Å². The number of aromatic amines is 2. The molecule has 0 amide bonds. The molecule has 10 nitrogen and oxygen atoms in total. The fraction of sp³-hybridized carbons (Fsp3) is 0.310. The van der Waals surface area contributed by atoms with Crippen molar-refractivity contribution in [1.29, 1.82) is 0 Å². The standard InChI is InChI=1S/C29H31F2N9O/c1-18-13-20-28(31)23(14-21(30)29(20)35-18)41-17-34-27(40-11-9-39(10-12-40)26-5-3-4-8-33-26)16-24(32-2)36-25-15-22(37-38-25)19-6-7-19/h3-5,8,13-16,19,35H,2,6-7,9-12,17H2,1H3,(H2,36,37,38)/b24-16+,34-27+. The summed E-state index contributed by atoms with van der Waals surface area (Å²) in [5, 5.41) is 10.7. The van der Waals surface area contributed by atoms with Crippen LogP contribution in [0.4, 0.5) is 20.4 Å². The molecular weight excluding hydrogens is 528 g/mol. The average Bonchev–Trinajstić information content (AvgIpc) is 3.61. The van der Waals surface area contributed by atoms with Gasteiger partial charge in [-0.25, -0.2) is 23.7 Å². The zero-order valence-corrected chi connectivity index (χ0v) is 22.7. The number of aliphatic imine (C=N–C) groups is 2. The Morgan fingerprint density at radius 3 is 2.76 bits per heavy atom. The number of amidine groups is 1. The van der Waals surface area contributed by atoms with E-state index < -0.39 is 11.6 Å². The van der Waals surface area contributed by atoms with Crippen molar-refractivity contribution in [3.63, 3.8) is 0 Å².